The van der Waals surface area contributed by atoms with Gasteiger partial charge in [0.05, 0.1) is 11.3 Å². The summed E-state index contributed by atoms with van der Waals surface area (Å²) in [6.45, 7) is 2.92. The molecule has 2 heterocycles. The van der Waals surface area contributed by atoms with Crippen LogP contribution in [0.4, 0.5) is 11.4 Å². The Labute approximate surface area is 184 Å². The van der Waals surface area contributed by atoms with Gasteiger partial charge >= 0.3 is 0 Å². The number of hydrogen-bond acceptors (Lipinski definition) is 4. The highest BCUT2D eigenvalue weighted by Crippen LogP contribution is 2.60. The van der Waals surface area contributed by atoms with Crippen molar-refractivity contribution in [2.24, 2.45) is 0 Å². The molecule has 1 unspecified atom stereocenters. The lowest BCUT2D eigenvalue weighted by Gasteiger charge is -2.42. The van der Waals surface area contributed by atoms with Gasteiger partial charge in [0.15, 0.2) is 0 Å². The van der Waals surface area contributed by atoms with E-state index in [9.17, 15) is 10.2 Å². The lowest BCUT2D eigenvalue weighted by Crippen LogP contribution is -2.40. The normalized spacial score (nSPS) is 18.9. The second-order valence-electron chi connectivity index (χ2n) is 7.84. The zero-order valence-electron chi connectivity index (χ0n) is 16.7. The van der Waals surface area contributed by atoms with E-state index in [2.05, 4.69) is 63.5 Å². The molecule has 0 aromatic heterocycles. The third-order valence-corrected chi connectivity index (χ3v) is 6.58. The summed E-state index contributed by atoms with van der Waals surface area (Å²) in [7, 11) is 0. The van der Waals surface area contributed by atoms with Gasteiger partial charge in [0.1, 0.15) is 17.0 Å². The van der Waals surface area contributed by atoms with Crippen LogP contribution in [0.2, 0.25) is 0 Å². The van der Waals surface area contributed by atoms with Crippen LogP contribution < -0.4 is 10.2 Å². The summed E-state index contributed by atoms with van der Waals surface area (Å²) < 4.78 is 0.990. The first-order valence-corrected chi connectivity index (χ1v) is 11.0. The van der Waals surface area contributed by atoms with Gasteiger partial charge < -0.3 is 20.4 Å². The van der Waals surface area contributed by atoms with Gasteiger partial charge in [-0.05, 0) is 42.3 Å². The predicted octanol–water partition coefficient (Wildman–Crippen LogP) is 6.19. The van der Waals surface area contributed by atoms with E-state index in [1.807, 2.05) is 24.3 Å². The quantitative estimate of drug-likeness (QED) is 0.404. The molecule has 30 heavy (non-hydrogen) atoms. The Morgan fingerprint density at radius 2 is 1.70 bits per heavy atom. The maximum Gasteiger partial charge on any atom is 0.139 e. The number of benzene rings is 3. The molecule has 0 amide bonds. The number of unbranched alkanes of at least 4 members (excludes halogenated alkanes) is 1. The van der Waals surface area contributed by atoms with Crippen LogP contribution in [-0.2, 0) is 5.54 Å². The van der Waals surface area contributed by atoms with Crippen LogP contribution in [0, 0.1) is 0 Å². The molecule has 0 saturated carbocycles. The topological polar surface area (TPSA) is 55.7 Å². The fourth-order valence-electron chi connectivity index (χ4n) is 4.69. The van der Waals surface area contributed by atoms with E-state index in [1.165, 1.54) is 0 Å². The standard InChI is InChI=1S/C25H23BrN2O2/c1-2-3-14-28-15-19-18-6-4-5-7-20(18)27-25(19,16-8-10-17(26)11-9-16)23-21(29)12-13-22(30)24(23)28/h4-13,15,27,29-30H,2-3,14H2,1H3. The molecule has 0 aliphatic carbocycles. The van der Waals surface area contributed by atoms with Crippen molar-refractivity contribution >= 4 is 32.9 Å². The van der Waals surface area contributed by atoms with Crippen molar-refractivity contribution in [2.75, 3.05) is 16.8 Å². The average Bonchev–Trinajstić information content (AvgIpc) is 3.09. The number of phenols is 2. The first-order valence-electron chi connectivity index (χ1n) is 10.2. The summed E-state index contributed by atoms with van der Waals surface area (Å²) in [5.41, 5.74) is 4.76. The molecular formula is C25H23BrN2O2. The van der Waals surface area contributed by atoms with E-state index in [1.54, 1.807) is 12.1 Å². The van der Waals surface area contributed by atoms with E-state index in [-0.39, 0.29) is 11.5 Å². The van der Waals surface area contributed by atoms with E-state index in [0.29, 0.717) is 11.3 Å². The first kappa shape index (κ1) is 19.1. The highest BCUT2D eigenvalue weighted by atomic mass is 79.9. The van der Waals surface area contributed by atoms with Gasteiger partial charge in [-0.2, -0.15) is 0 Å². The van der Waals surface area contributed by atoms with Crippen LogP contribution in [-0.4, -0.2) is 16.8 Å². The summed E-state index contributed by atoms with van der Waals surface area (Å²) >= 11 is 3.53. The number of halogens is 1. The number of aromatic hydroxyl groups is 2. The van der Waals surface area contributed by atoms with Crippen molar-refractivity contribution in [3.8, 4) is 11.5 Å². The summed E-state index contributed by atoms with van der Waals surface area (Å²) in [5.74, 6) is 0.335. The third-order valence-electron chi connectivity index (χ3n) is 6.06. The molecule has 0 fully saturated rings. The molecule has 0 radical (unpaired) electrons. The predicted molar refractivity (Wildman–Crippen MR) is 125 cm³/mol. The van der Waals surface area contributed by atoms with Gasteiger partial charge in [-0.1, -0.05) is 59.6 Å². The summed E-state index contributed by atoms with van der Waals surface area (Å²) in [6, 6.07) is 19.5. The Kier molecular flexibility index (Phi) is 4.51. The molecule has 4 nitrogen and oxygen atoms in total. The van der Waals surface area contributed by atoms with Crippen LogP contribution in [0.15, 0.2) is 71.3 Å². The van der Waals surface area contributed by atoms with Crippen molar-refractivity contribution in [1.29, 1.82) is 0 Å². The van der Waals surface area contributed by atoms with Crippen molar-refractivity contribution in [3.63, 3.8) is 0 Å². The maximum atomic E-state index is 11.1. The van der Waals surface area contributed by atoms with Crippen LogP contribution in [0.25, 0.3) is 5.57 Å². The van der Waals surface area contributed by atoms with Gasteiger partial charge in [-0.25, -0.2) is 0 Å². The molecule has 5 rings (SSSR count). The van der Waals surface area contributed by atoms with E-state index in [0.717, 1.165) is 46.2 Å². The highest BCUT2D eigenvalue weighted by Gasteiger charge is 2.51. The number of nitrogens with one attached hydrogen (secondary N) is 1. The number of phenolic OH excluding ortho intramolecular Hbond substituents is 2. The Bertz CT molecular complexity index is 1160. The van der Waals surface area contributed by atoms with Gasteiger partial charge in [0.25, 0.3) is 0 Å². The Morgan fingerprint density at radius 1 is 0.967 bits per heavy atom. The number of anilines is 2. The van der Waals surface area contributed by atoms with Crippen molar-refractivity contribution < 1.29 is 10.2 Å². The van der Waals surface area contributed by atoms with Gasteiger partial charge in [-0.15, -0.1) is 0 Å². The number of rotatable bonds is 4. The maximum absolute atomic E-state index is 11.1. The fourth-order valence-corrected chi connectivity index (χ4v) is 4.95. The highest BCUT2D eigenvalue weighted by molar-refractivity contribution is 9.10. The molecule has 0 bridgehead atoms. The molecule has 2 aliphatic rings. The van der Waals surface area contributed by atoms with Crippen molar-refractivity contribution in [2.45, 2.75) is 25.3 Å². The SMILES string of the molecule is CCCCN1C=C2c3ccccc3NC2(c2ccc(Br)cc2)c2c(O)ccc(O)c21. The molecule has 0 saturated heterocycles. The molecule has 3 N–H and O–H groups in total. The Hall–Kier alpha value is -2.92. The van der Waals surface area contributed by atoms with Gasteiger partial charge in [0, 0.05) is 34.0 Å². The molecule has 2 aliphatic heterocycles. The number of hydrogen-bond donors (Lipinski definition) is 3. The minimum absolute atomic E-state index is 0.165. The Balaban J connectivity index is 1.85. The summed E-state index contributed by atoms with van der Waals surface area (Å²) in [4.78, 5) is 2.09. The Morgan fingerprint density at radius 3 is 2.47 bits per heavy atom. The molecule has 0 spiro atoms. The van der Waals surface area contributed by atoms with Crippen LogP contribution >= 0.6 is 15.9 Å². The lowest BCUT2D eigenvalue weighted by atomic mass is 9.74. The molecule has 5 heteroatoms. The molecule has 3 aromatic carbocycles. The van der Waals surface area contributed by atoms with Gasteiger partial charge in [-0.3, -0.25) is 0 Å². The monoisotopic (exact) mass is 462 g/mol. The van der Waals surface area contributed by atoms with Crippen LogP contribution in [0.3, 0.4) is 0 Å². The van der Waals surface area contributed by atoms with E-state index < -0.39 is 5.54 Å². The number of para-hydroxylation sites is 1. The summed E-state index contributed by atoms with van der Waals surface area (Å²) in [5, 5.41) is 25.7. The molecule has 1 atom stereocenters. The molecule has 3 aromatic rings. The lowest BCUT2D eigenvalue weighted by molar-refractivity contribution is 0.447. The first-order chi connectivity index (χ1) is 14.6. The number of nitrogens with zero attached hydrogens (tertiary/aromatic N) is 1. The second kappa shape index (κ2) is 7.10. The minimum Gasteiger partial charge on any atom is -0.507 e. The van der Waals surface area contributed by atoms with E-state index >= 15 is 0 Å². The fraction of sp³-hybridized carbons (Fsp3) is 0.200. The average molecular weight is 463 g/mol. The molecule has 152 valence electrons. The summed E-state index contributed by atoms with van der Waals surface area (Å²) in [6.07, 6.45) is 4.16. The van der Waals surface area contributed by atoms with Crippen LogP contribution in [0.5, 0.6) is 11.5 Å². The van der Waals surface area contributed by atoms with Gasteiger partial charge in [0.2, 0.25) is 0 Å². The van der Waals surface area contributed by atoms with Crippen molar-refractivity contribution in [3.05, 3.63) is 88.0 Å². The largest absolute Gasteiger partial charge is 0.507 e. The zero-order valence-corrected chi connectivity index (χ0v) is 18.3. The van der Waals surface area contributed by atoms with Crippen molar-refractivity contribution in [1.82, 2.24) is 0 Å². The zero-order chi connectivity index (χ0) is 20.9. The third kappa shape index (κ3) is 2.65. The van der Waals surface area contributed by atoms with Crippen LogP contribution in [0.1, 0.15) is 36.5 Å². The second-order valence-corrected chi connectivity index (χ2v) is 8.76. The smallest absolute Gasteiger partial charge is 0.139 e. The van der Waals surface area contributed by atoms with E-state index in [4.69, 9.17) is 0 Å². The number of fused-ring (bicyclic) bond motifs is 5. The molecular weight excluding hydrogens is 440 g/mol. The minimum atomic E-state index is -0.786.